The van der Waals surface area contributed by atoms with Crippen molar-refractivity contribution in [3.05, 3.63) is 64.8 Å². The smallest absolute Gasteiger partial charge is 0.174 e. The molecule has 2 aromatic heterocycles. The van der Waals surface area contributed by atoms with Gasteiger partial charge in [-0.1, -0.05) is 23.9 Å². The lowest BCUT2D eigenvalue weighted by atomic mass is 10.2. The number of halogens is 1. The summed E-state index contributed by atoms with van der Waals surface area (Å²) in [5.41, 5.74) is 8.86. The molecular formula is C21H19BrN4O2S. The van der Waals surface area contributed by atoms with Gasteiger partial charge in [0.1, 0.15) is 17.0 Å². The molecule has 0 amide bonds. The summed E-state index contributed by atoms with van der Waals surface area (Å²) in [5, 5.41) is 0.824. The Kier molecular flexibility index (Phi) is 5.64. The number of nitrogen functional groups attached to an aromatic ring is 1. The van der Waals surface area contributed by atoms with Crippen LogP contribution in [0.25, 0.3) is 11.0 Å². The molecule has 0 unspecified atom stereocenters. The van der Waals surface area contributed by atoms with E-state index in [9.17, 15) is 0 Å². The van der Waals surface area contributed by atoms with Gasteiger partial charge in [-0.15, -0.1) is 0 Å². The van der Waals surface area contributed by atoms with Gasteiger partial charge < -0.3 is 19.8 Å². The molecule has 0 aliphatic rings. The normalized spacial score (nSPS) is 11.0. The van der Waals surface area contributed by atoms with Crippen molar-refractivity contribution in [3.8, 4) is 11.5 Å². The molecule has 0 aliphatic heterocycles. The lowest BCUT2D eigenvalue weighted by Crippen LogP contribution is -2.02. The highest BCUT2D eigenvalue weighted by Gasteiger charge is 2.16. The van der Waals surface area contributed by atoms with Gasteiger partial charge in [0.15, 0.2) is 11.0 Å². The highest BCUT2D eigenvalue weighted by molar-refractivity contribution is 9.10. The van der Waals surface area contributed by atoms with Gasteiger partial charge in [0.25, 0.3) is 0 Å². The van der Waals surface area contributed by atoms with E-state index in [0.717, 1.165) is 37.1 Å². The van der Waals surface area contributed by atoms with E-state index in [0.29, 0.717) is 17.9 Å². The fourth-order valence-electron chi connectivity index (χ4n) is 2.98. The van der Waals surface area contributed by atoms with E-state index in [1.165, 1.54) is 0 Å². The first-order valence-corrected chi connectivity index (χ1v) is 10.4. The van der Waals surface area contributed by atoms with Gasteiger partial charge in [-0.05, 0) is 57.9 Å². The van der Waals surface area contributed by atoms with E-state index >= 15 is 0 Å². The second-order valence-electron chi connectivity index (χ2n) is 6.29. The molecule has 0 atom stereocenters. The number of rotatable bonds is 6. The molecule has 2 aromatic carbocycles. The van der Waals surface area contributed by atoms with E-state index in [4.69, 9.17) is 20.2 Å². The van der Waals surface area contributed by atoms with Crippen LogP contribution >= 0.6 is 27.7 Å². The number of anilines is 1. The van der Waals surface area contributed by atoms with Crippen molar-refractivity contribution in [2.24, 2.45) is 0 Å². The van der Waals surface area contributed by atoms with E-state index in [1.807, 2.05) is 48.5 Å². The Morgan fingerprint density at radius 1 is 1.03 bits per heavy atom. The third kappa shape index (κ3) is 4.04. The Bertz CT molecular complexity index is 1160. The quantitative estimate of drug-likeness (QED) is 0.427. The van der Waals surface area contributed by atoms with E-state index in [2.05, 4.69) is 25.5 Å². The summed E-state index contributed by atoms with van der Waals surface area (Å²) in [6, 6.07) is 15.8. The summed E-state index contributed by atoms with van der Waals surface area (Å²) >= 11 is 5.17. The molecule has 0 fully saturated rings. The number of imidazole rings is 1. The minimum Gasteiger partial charge on any atom is -0.497 e. The molecule has 29 heavy (non-hydrogen) atoms. The van der Waals surface area contributed by atoms with Gasteiger partial charge in [-0.3, -0.25) is 0 Å². The van der Waals surface area contributed by atoms with Crippen molar-refractivity contribution < 1.29 is 9.47 Å². The van der Waals surface area contributed by atoms with Crippen LogP contribution in [0.5, 0.6) is 11.5 Å². The van der Waals surface area contributed by atoms with Crippen LogP contribution in [0.2, 0.25) is 0 Å². The third-order valence-electron chi connectivity index (χ3n) is 4.50. The van der Waals surface area contributed by atoms with Crippen molar-refractivity contribution in [1.82, 2.24) is 14.5 Å². The Morgan fingerprint density at radius 3 is 2.48 bits per heavy atom. The van der Waals surface area contributed by atoms with Crippen LogP contribution < -0.4 is 15.2 Å². The maximum atomic E-state index is 6.10. The molecule has 0 radical (unpaired) electrons. The maximum Gasteiger partial charge on any atom is 0.174 e. The number of aromatic nitrogens is 3. The standard InChI is InChI=1S/C21H19BrN4O2S/c1-27-14-5-3-13(4-6-14)12-26-17-9-10-24-20(23)19(17)25-21(26)29-18-11-15(28-2)7-8-16(18)22/h3-11H,12H2,1-2H3,(H2,23,24). The number of ether oxygens (including phenoxy) is 2. The van der Waals surface area contributed by atoms with E-state index in [-0.39, 0.29) is 0 Å². The topological polar surface area (TPSA) is 75.2 Å². The minimum atomic E-state index is 0.419. The van der Waals surface area contributed by atoms with Crippen molar-refractivity contribution in [2.75, 3.05) is 20.0 Å². The molecule has 2 N–H and O–H groups in total. The van der Waals surface area contributed by atoms with E-state index < -0.39 is 0 Å². The first kappa shape index (κ1) is 19.6. The number of fused-ring (bicyclic) bond motifs is 1. The Labute approximate surface area is 181 Å². The molecule has 0 spiro atoms. The van der Waals surface area contributed by atoms with Crippen molar-refractivity contribution >= 4 is 44.5 Å². The van der Waals surface area contributed by atoms with Gasteiger partial charge >= 0.3 is 0 Å². The predicted octanol–water partition coefficient (Wildman–Crippen LogP) is 4.99. The highest BCUT2D eigenvalue weighted by Crippen LogP contribution is 2.37. The monoisotopic (exact) mass is 470 g/mol. The van der Waals surface area contributed by atoms with Crippen molar-refractivity contribution in [2.45, 2.75) is 16.6 Å². The largest absolute Gasteiger partial charge is 0.497 e. The SMILES string of the molecule is COc1ccc(Cn2c(Sc3cc(OC)ccc3Br)nc3c(N)nccc32)cc1. The molecule has 6 nitrogen and oxygen atoms in total. The first-order valence-electron chi connectivity index (χ1n) is 8.84. The summed E-state index contributed by atoms with van der Waals surface area (Å²) in [4.78, 5) is 9.98. The number of pyridine rings is 1. The number of nitrogens with two attached hydrogens (primary N) is 1. The number of hydrogen-bond donors (Lipinski definition) is 1. The summed E-state index contributed by atoms with van der Waals surface area (Å²) < 4.78 is 13.7. The van der Waals surface area contributed by atoms with Crippen LogP contribution in [0.1, 0.15) is 5.56 Å². The second kappa shape index (κ2) is 8.34. The average Bonchev–Trinajstić information content (AvgIpc) is 3.09. The van der Waals surface area contributed by atoms with Gasteiger partial charge in [0.05, 0.1) is 26.3 Å². The minimum absolute atomic E-state index is 0.419. The van der Waals surface area contributed by atoms with Crippen molar-refractivity contribution in [1.29, 1.82) is 0 Å². The molecule has 0 aliphatic carbocycles. The molecule has 148 valence electrons. The third-order valence-corrected chi connectivity index (χ3v) is 6.51. The molecule has 0 bridgehead atoms. The molecule has 8 heteroatoms. The van der Waals surface area contributed by atoms with Crippen molar-refractivity contribution in [3.63, 3.8) is 0 Å². The molecule has 4 aromatic rings. The number of hydrogen-bond acceptors (Lipinski definition) is 6. The predicted molar refractivity (Wildman–Crippen MR) is 119 cm³/mol. The molecule has 0 saturated carbocycles. The summed E-state index contributed by atoms with van der Waals surface area (Å²) in [5.74, 6) is 2.03. The van der Waals surface area contributed by atoms with Crippen LogP contribution in [-0.2, 0) is 6.54 Å². The zero-order chi connectivity index (χ0) is 20.4. The Morgan fingerprint density at radius 2 is 1.76 bits per heavy atom. The Hall–Kier alpha value is -2.71. The fraction of sp³-hybridized carbons (Fsp3) is 0.143. The lowest BCUT2D eigenvalue weighted by molar-refractivity contribution is 0.413. The number of nitrogens with zero attached hydrogens (tertiary/aromatic N) is 3. The summed E-state index contributed by atoms with van der Waals surface area (Å²) in [6.45, 7) is 0.647. The second-order valence-corrected chi connectivity index (χ2v) is 8.15. The average molecular weight is 471 g/mol. The molecule has 2 heterocycles. The molecule has 4 rings (SSSR count). The van der Waals surface area contributed by atoms with Gasteiger partial charge in [0.2, 0.25) is 0 Å². The van der Waals surface area contributed by atoms with Gasteiger partial charge in [-0.25, -0.2) is 9.97 Å². The van der Waals surface area contributed by atoms with Gasteiger partial charge in [0, 0.05) is 15.6 Å². The zero-order valence-corrected chi connectivity index (χ0v) is 18.3. The number of methoxy groups -OCH3 is 2. The Balaban J connectivity index is 1.78. The molecule has 0 saturated heterocycles. The summed E-state index contributed by atoms with van der Waals surface area (Å²) in [6.07, 6.45) is 1.71. The van der Waals surface area contributed by atoms with Crippen LogP contribution in [-0.4, -0.2) is 28.8 Å². The van der Waals surface area contributed by atoms with Crippen LogP contribution in [0, 0.1) is 0 Å². The number of benzene rings is 2. The lowest BCUT2D eigenvalue weighted by Gasteiger charge is -2.11. The maximum absolute atomic E-state index is 6.10. The van der Waals surface area contributed by atoms with Crippen LogP contribution in [0.15, 0.2) is 69.3 Å². The summed E-state index contributed by atoms with van der Waals surface area (Å²) in [7, 11) is 3.32. The highest BCUT2D eigenvalue weighted by atomic mass is 79.9. The zero-order valence-electron chi connectivity index (χ0n) is 15.9. The van der Waals surface area contributed by atoms with Gasteiger partial charge in [-0.2, -0.15) is 0 Å². The van der Waals surface area contributed by atoms with E-state index in [1.54, 1.807) is 32.2 Å². The van der Waals surface area contributed by atoms with Crippen LogP contribution in [0.3, 0.4) is 0 Å². The fourth-order valence-corrected chi connectivity index (χ4v) is 4.42. The van der Waals surface area contributed by atoms with Crippen LogP contribution in [0.4, 0.5) is 5.82 Å². The first-order chi connectivity index (χ1) is 14.1. The molecular weight excluding hydrogens is 452 g/mol.